The zero-order chi connectivity index (χ0) is 19.3. The first kappa shape index (κ1) is 19.6. The molecule has 0 saturated carbocycles. The first-order valence-corrected chi connectivity index (χ1v) is 10.9. The summed E-state index contributed by atoms with van der Waals surface area (Å²) in [5.74, 6) is -0.392. The number of amides is 1. The molecule has 1 N–H and O–H groups in total. The standard InChI is InChI=1S/C21H26N2O3S/c1-17-8-5-6-11-19(17)14-22-21(24)20-12-7-13-23(15-20)27(25,26)16-18-9-3-2-4-10-18/h2-6,8-11,20H,7,12-16H2,1H3,(H,22,24)/t20-/m0/s1. The molecule has 2 aromatic carbocycles. The molecular weight excluding hydrogens is 360 g/mol. The highest BCUT2D eigenvalue weighted by molar-refractivity contribution is 7.88. The number of sulfonamides is 1. The van der Waals surface area contributed by atoms with Crippen LogP contribution in [0, 0.1) is 12.8 Å². The van der Waals surface area contributed by atoms with Crippen LogP contribution in [-0.2, 0) is 27.1 Å². The van der Waals surface area contributed by atoms with Gasteiger partial charge in [0, 0.05) is 19.6 Å². The second-order valence-corrected chi connectivity index (χ2v) is 9.05. The van der Waals surface area contributed by atoms with Gasteiger partial charge in [0.05, 0.1) is 11.7 Å². The molecule has 0 bridgehead atoms. The highest BCUT2D eigenvalue weighted by Crippen LogP contribution is 2.22. The maximum Gasteiger partial charge on any atom is 0.224 e. The Bertz CT molecular complexity index is 881. The van der Waals surface area contributed by atoms with Crippen LogP contribution in [0.4, 0.5) is 0 Å². The lowest BCUT2D eigenvalue weighted by molar-refractivity contribution is -0.126. The summed E-state index contributed by atoms with van der Waals surface area (Å²) in [5.41, 5.74) is 2.98. The van der Waals surface area contributed by atoms with Crippen LogP contribution in [-0.4, -0.2) is 31.7 Å². The lowest BCUT2D eigenvalue weighted by Crippen LogP contribution is -2.45. The fourth-order valence-corrected chi connectivity index (χ4v) is 5.03. The molecule has 5 nitrogen and oxygen atoms in total. The summed E-state index contributed by atoms with van der Waals surface area (Å²) < 4.78 is 27.0. The van der Waals surface area contributed by atoms with Crippen molar-refractivity contribution in [1.29, 1.82) is 0 Å². The van der Waals surface area contributed by atoms with Crippen LogP contribution >= 0.6 is 0 Å². The van der Waals surface area contributed by atoms with Gasteiger partial charge in [-0.25, -0.2) is 12.7 Å². The third-order valence-corrected chi connectivity index (χ3v) is 6.87. The van der Waals surface area contributed by atoms with Gasteiger partial charge in [0.2, 0.25) is 15.9 Å². The average molecular weight is 387 g/mol. The Morgan fingerprint density at radius 3 is 2.56 bits per heavy atom. The predicted octanol–water partition coefficient (Wildman–Crippen LogP) is 2.85. The molecule has 27 heavy (non-hydrogen) atoms. The van der Waals surface area contributed by atoms with Crippen LogP contribution < -0.4 is 5.32 Å². The van der Waals surface area contributed by atoms with Gasteiger partial charge in [-0.05, 0) is 36.5 Å². The van der Waals surface area contributed by atoms with Crippen LogP contribution in [0.2, 0.25) is 0 Å². The summed E-state index contributed by atoms with van der Waals surface area (Å²) in [6.07, 6.45) is 1.42. The van der Waals surface area contributed by atoms with E-state index in [0.717, 1.165) is 23.1 Å². The number of benzene rings is 2. The first-order valence-electron chi connectivity index (χ1n) is 9.30. The van der Waals surface area contributed by atoms with E-state index in [-0.39, 0.29) is 24.1 Å². The van der Waals surface area contributed by atoms with E-state index in [0.29, 0.717) is 19.5 Å². The van der Waals surface area contributed by atoms with Gasteiger partial charge in [0.15, 0.2) is 0 Å². The summed E-state index contributed by atoms with van der Waals surface area (Å²) in [5, 5.41) is 2.97. The molecule has 1 fully saturated rings. The molecule has 1 aliphatic heterocycles. The Balaban J connectivity index is 1.60. The highest BCUT2D eigenvalue weighted by atomic mass is 32.2. The van der Waals surface area contributed by atoms with Gasteiger partial charge < -0.3 is 5.32 Å². The first-order chi connectivity index (χ1) is 13.0. The van der Waals surface area contributed by atoms with Crippen molar-refractivity contribution in [2.45, 2.75) is 32.1 Å². The monoisotopic (exact) mass is 386 g/mol. The van der Waals surface area contributed by atoms with Gasteiger partial charge in [-0.1, -0.05) is 54.6 Å². The number of rotatable bonds is 6. The smallest absolute Gasteiger partial charge is 0.224 e. The fraction of sp³-hybridized carbons (Fsp3) is 0.381. The minimum absolute atomic E-state index is 0.0224. The number of hydrogen-bond donors (Lipinski definition) is 1. The molecule has 1 amide bonds. The second-order valence-electron chi connectivity index (χ2n) is 7.08. The van der Waals surface area contributed by atoms with Crippen molar-refractivity contribution in [2.24, 2.45) is 5.92 Å². The maximum absolute atomic E-state index is 12.7. The number of nitrogens with one attached hydrogen (secondary N) is 1. The second kappa shape index (κ2) is 8.67. The maximum atomic E-state index is 12.7. The average Bonchev–Trinajstić information content (AvgIpc) is 2.68. The molecule has 0 aliphatic carbocycles. The van der Waals surface area contributed by atoms with Crippen molar-refractivity contribution in [2.75, 3.05) is 13.1 Å². The molecule has 3 rings (SSSR count). The summed E-state index contributed by atoms with van der Waals surface area (Å²) in [6, 6.07) is 17.1. The highest BCUT2D eigenvalue weighted by Gasteiger charge is 2.32. The van der Waals surface area contributed by atoms with Crippen LogP contribution in [0.3, 0.4) is 0 Å². The number of carbonyl (C=O) groups is 1. The molecule has 0 unspecified atom stereocenters. The van der Waals surface area contributed by atoms with E-state index in [1.54, 1.807) is 0 Å². The summed E-state index contributed by atoms with van der Waals surface area (Å²) in [7, 11) is -3.42. The van der Waals surface area contributed by atoms with Crippen molar-refractivity contribution >= 4 is 15.9 Å². The summed E-state index contributed by atoms with van der Waals surface area (Å²) in [6.45, 7) is 3.23. The third-order valence-electron chi connectivity index (χ3n) is 5.05. The Morgan fingerprint density at radius 2 is 1.81 bits per heavy atom. The third kappa shape index (κ3) is 5.17. The van der Waals surface area contributed by atoms with Crippen molar-refractivity contribution in [3.05, 3.63) is 71.3 Å². The summed E-state index contributed by atoms with van der Waals surface area (Å²) in [4.78, 5) is 12.6. The van der Waals surface area contributed by atoms with E-state index in [1.165, 1.54) is 4.31 Å². The molecule has 2 aromatic rings. The molecule has 0 aromatic heterocycles. The lowest BCUT2D eigenvalue weighted by Gasteiger charge is -2.31. The number of nitrogens with zero attached hydrogens (tertiary/aromatic N) is 1. The number of carbonyl (C=O) groups excluding carboxylic acids is 1. The molecule has 1 aliphatic rings. The van der Waals surface area contributed by atoms with Gasteiger partial charge in [0.25, 0.3) is 0 Å². The van der Waals surface area contributed by atoms with Crippen molar-refractivity contribution < 1.29 is 13.2 Å². The Labute approximate surface area is 161 Å². The SMILES string of the molecule is Cc1ccccc1CNC(=O)[C@H]1CCCN(S(=O)(=O)Cc2ccccc2)C1. The van der Waals surface area contributed by atoms with E-state index < -0.39 is 10.0 Å². The van der Waals surface area contributed by atoms with Crippen molar-refractivity contribution in [3.63, 3.8) is 0 Å². The van der Waals surface area contributed by atoms with E-state index in [2.05, 4.69) is 5.32 Å². The minimum atomic E-state index is -3.42. The normalized spacial score (nSPS) is 18.2. The van der Waals surface area contributed by atoms with Crippen molar-refractivity contribution in [3.8, 4) is 0 Å². The van der Waals surface area contributed by atoms with E-state index >= 15 is 0 Å². The van der Waals surface area contributed by atoms with E-state index in [4.69, 9.17) is 0 Å². The summed E-state index contributed by atoms with van der Waals surface area (Å²) >= 11 is 0. The molecule has 0 radical (unpaired) electrons. The van der Waals surface area contributed by atoms with Crippen LogP contribution in [0.25, 0.3) is 0 Å². The Kier molecular flexibility index (Phi) is 6.29. The van der Waals surface area contributed by atoms with Gasteiger partial charge in [0.1, 0.15) is 0 Å². The zero-order valence-electron chi connectivity index (χ0n) is 15.6. The predicted molar refractivity (Wildman–Crippen MR) is 106 cm³/mol. The zero-order valence-corrected chi connectivity index (χ0v) is 16.4. The quantitative estimate of drug-likeness (QED) is 0.830. The fourth-order valence-electron chi connectivity index (χ4n) is 3.42. The van der Waals surface area contributed by atoms with E-state index in [1.807, 2.05) is 61.5 Å². The Hall–Kier alpha value is -2.18. The van der Waals surface area contributed by atoms with Gasteiger partial charge >= 0.3 is 0 Å². The van der Waals surface area contributed by atoms with Crippen molar-refractivity contribution in [1.82, 2.24) is 9.62 Å². The number of piperidine rings is 1. The molecule has 1 heterocycles. The molecule has 0 spiro atoms. The topological polar surface area (TPSA) is 66.5 Å². The molecule has 1 atom stereocenters. The Morgan fingerprint density at radius 1 is 1.11 bits per heavy atom. The molecule has 1 saturated heterocycles. The van der Waals surface area contributed by atoms with Crippen LogP contribution in [0.15, 0.2) is 54.6 Å². The van der Waals surface area contributed by atoms with Gasteiger partial charge in [-0.15, -0.1) is 0 Å². The minimum Gasteiger partial charge on any atom is -0.352 e. The lowest BCUT2D eigenvalue weighted by atomic mass is 9.98. The number of hydrogen-bond acceptors (Lipinski definition) is 3. The van der Waals surface area contributed by atoms with Crippen LogP contribution in [0.5, 0.6) is 0 Å². The van der Waals surface area contributed by atoms with E-state index in [9.17, 15) is 13.2 Å². The van der Waals surface area contributed by atoms with Crippen LogP contribution in [0.1, 0.15) is 29.5 Å². The van der Waals surface area contributed by atoms with Gasteiger partial charge in [-0.3, -0.25) is 4.79 Å². The molecule has 6 heteroatoms. The largest absolute Gasteiger partial charge is 0.352 e. The molecular formula is C21H26N2O3S. The van der Waals surface area contributed by atoms with Gasteiger partial charge in [-0.2, -0.15) is 0 Å². The number of aryl methyl sites for hydroxylation is 1. The molecule has 144 valence electrons.